The first-order valence-electron chi connectivity index (χ1n) is 21.0. The zero-order valence-electron chi connectivity index (χ0n) is 33.9. The summed E-state index contributed by atoms with van der Waals surface area (Å²) in [6.07, 6.45) is 31.5. The van der Waals surface area contributed by atoms with Crippen molar-refractivity contribution in [2.45, 2.75) is 219 Å². The fourth-order valence-corrected chi connectivity index (χ4v) is 7.09. The van der Waals surface area contributed by atoms with Crippen molar-refractivity contribution in [2.75, 3.05) is 26.4 Å². The number of phosphoric acid groups is 1. The minimum atomic E-state index is -4.73. The second-order valence-corrected chi connectivity index (χ2v) is 15.9. The normalized spacial score (nSPS) is 17.4. The number of hydrogen-bond donors (Lipinski definition) is 0. The molecule has 1 saturated heterocycles. The number of rotatable bonds is 37. The van der Waals surface area contributed by atoms with Crippen molar-refractivity contribution in [2.24, 2.45) is 0 Å². The van der Waals surface area contributed by atoms with Gasteiger partial charge in [-0.1, -0.05) is 168 Å². The number of unbranched alkanes of at least 4 members (excludes halogenated alkanes) is 24. The maximum Gasteiger partial charge on any atom is 1.00 e. The summed E-state index contributed by atoms with van der Waals surface area (Å²) in [7, 11) is -4.73. The largest absolute Gasteiger partial charge is 1.00 e. The van der Waals surface area contributed by atoms with Gasteiger partial charge in [-0.2, -0.15) is 0 Å². The van der Waals surface area contributed by atoms with Crippen LogP contribution in [-0.4, -0.2) is 56.9 Å². The first-order chi connectivity index (χ1) is 24.8. The molecule has 0 amide bonds. The molecule has 1 heterocycles. The first kappa shape index (κ1) is 52.0. The van der Waals surface area contributed by atoms with Crippen LogP contribution < -0.4 is 34.5 Å². The summed E-state index contributed by atoms with van der Waals surface area (Å²) in [4.78, 5) is 36.2. The van der Waals surface area contributed by atoms with E-state index < -0.39 is 38.6 Å². The van der Waals surface area contributed by atoms with Crippen LogP contribution in [-0.2, 0) is 42.1 Å². The Morgan fingerprint density at radius 1 is 0.673 bits per heavy atom. The van der Waals surface area contributed by atoms with Gasteiger partial charge in [0.25, 0.3) is 7.82 Å². The van der Waals surface area contributed by atoms with E-state index in [1.807, 2.05) is 0 Å². The van der Waals surface area contributed by atoms with Gasteiger partial charge in [0.05, 0.1) is 19.8 Å². The van der Waals surface area contributed by atoms with Crippen molar-refractivity contribution < 1.29 is 76.6 Å². The number of carbonyl (C=O) groups is 2. The maximum atomic E-state index is 12.4. The quantitative estimate of drug-likeness (QED) is 0.0269. The van der Waals surface area contributed by atoms with Crippen molar-refractivity contribution in [3.05, 3.63) is 0 Å². The Labute approximate surface area is 340 Å². The summed E-state index contributed by atoms with van der Waals surface area (Å²) in [5.41, 5.74) is 0. The van der Waals surface area contributed by atoms with Crippen LogP contribution in [0.15, 0.2) is 0 Å². The van der Waals surface area contributed by atoms with E-state index in [1.54, 1.807) is 0 Å². The van der Waals surface area contributed by atoms with Crippen LogP contribution in [0.4, 0.5) is 0 Å². The molecule has 0 aromatic carbocycles. The Morgan fingerprint density at radius 3 is 1.58 bits per heavy atom. The first-order valence-corrected chi connectivity index (χ1v) is 22.4. The molecular weight excluding hydrogens is 694 g/mol. The number of carbonyl (C=O) groups excluding carboxylic acids is 2. The summed E-state index contributed by atoms with van der Waals surface area (Å²) < 4.78 is 44.3. The van der Waals surface area contributed by atoms with Crippen LogP contribution in [0.1, 0.15) is 201 Å². The van der Waals surface area contributed by atoms with E-state index >= 15 is 0 Å². The summed E-state index contributed by atoms with van der Waals surface area (Å²) in [6.45, 7) is 4.91. The molecule has 1 aliphatic rings. The van der Waals surface area contributed by atoms with Gasteiger partial charge in [0.2, 0.25) is 0 Å². The minimum Gasteiger partial charge on any atom is -0.756 e. The summed E-state index contributed by atoms with van der Waals surface area (Å²) in [5.74, 6) is -1.05. The zero-order valence-corrected chi connectivity index (χ0v) is 36.8. The fraction of sp³-hybridized carbons (Fsp3) is 0.950. The molecule has 3 unspecified atom stereocenters. The number of esters is 2. The maximum absolute atomic E-state index is 12.4. The minimum absolute atomic E-state index is 0. The van der Waals surface area contributed by atoms with Crippen LogP contribution >= 0.6 is 7.82 Å². The van der Waals surface area contributed by atoms with Gasteiger partial charge in [-0.3, -0.25) is 14.2 Å². The molecule has 0 radical (unpaired) electrons. The van der Waals surface area contributed by atoms with Crippen molar-refractivity contribution >= 4 is 19.8 Å². The predicted molar refractivity (Wildman–Crippen MR) is 201 cm³/mol. The number of phosphoric ester groups is 1. The van der Waals surface area contributed by atoms with Gasteiger partial charge < -0.3 is 32.9 Å². The Hall–Kier alpha value is -0.0300. The molecule has 0 saturated carbocycles. The van der Waals surface area contributed by atoms with Gasteiger partial charge in [-0.05, 0) is 19.3 Å². The van der Waals surface area contributed by atoms with Crippen LogP contribution in [0, 0.1) is 0 Å². The number of hydrogen-bond acceptors (Lipinski definition) is 10. The van der Waals surface area contributed by atoms with Gasteiger partial charge in [0.1, 0.15) is 12.7 Å². The second kappa shape index (κ2) is 36.6. The molecule has 0 spiro atoms. The summed E-state index contributed by atoms with van der Waals surface area (Å²) in [5, 5.41) is 0. The fourth-order valence-electron chi connectivity index (χ4n) is 6.32. The van der Waals surface area contributed by atoms with Crippen molar-refractivity contribution in [1.82, 2.24) is 0 Å². The molecule has 1 rings (SSSR count). The summed E-state index contributed by atoms with van der Waals surface area (Å²) >= 11 is 0. The third-order valence-electron chi connectivity index (χ3n) is 9.45. The Bertz CT molecular complexity index is 879. The predicted octanol–water partition coefficient (Wildman–Crippen LogP) is 7.67. The Morgan fingerprint density at radius 2 is 1.12 bits per heavy atom. The number of ether oxygens (including phenoxy) is 4. The van der Waals surface area contributed by atoms with Crippen LogP contribution in [0.25, 0.3) is 0 Å². The monoisotopic (exact) mass is 771 g/mol. The smallest absolute Gasteiger partial charge is 0.756 e. The van der Waals surface area contributed by atoms with Gasteiger partial charge in [-0.15, -0.1) is 0 Å². The average Bonchev–Trinajstić information content (AvgIpc) is 3.57. The van der Waals surface area contributed by atoms with E-state index in [1.165, 1.54) is 135 Å². The second-order valence-electron chi connectivity index (χ2n) is 14.5. The van der Waals surface area contributed by atoms with E-state index in [2.05, 4.69) is 13.8 Å². The SMILES string of the molecule is CCCCCCCCCCCCCCCCCC1OCC(COP(=O)([O-])OC[C@@H](COC(C)=O)OC(=O)CCCCCCCCCCCCC)O1.[Na+]. The Balaban J connectivity index is 0.0000260. The van der Waals surface area contributed by atoms with E-state index in [-0.39, 0.29) is 62.1 Å². The molecule has 4 atom stereocenters. The van der Waals surface area contributed by atoms with E-state index in [9.17, 15) is 19.0 Å². The van der Waals surface area contributed by atoms with Crippen molar-refractivity contribution in [1.29, 1.82) is 0 Å². The third kappa shape index (κ3) is 33.3. The van der Waals surface area contributed by atoms with Gasteiger partial charge in [-0.25, -0.2) is 0 Å². The molecule has 0 bridgehead atoms. The average molecular weight is 771 g/mol. The van der Waals surface area contributed by atoms with E-state index in [4.69, 9.17) is 28.0 Å². The topological polar surface area (TPSA) is 130 Å². The van der Waals surface area contributed by atoms with E-state index in [0.29, 0.717) is 6.42 Å². The molecule has 0 N–H and O–H groups in total. The molecule has 52 heavy (non-hydrogen) atoms. The van der Waals surface area contributed by atoms with E-state index in [0.717, 1.165) is 38.5 Å². The molecular formula is C40H76NaO10P. The van der Waals surface area contributed by atoms with Crippen LogP contribution in [0.2, 0.25) is 0 Å². The van der Waals surface area contributed by atoms with Crippen LogP contribution in [0.5, 0.6) is 0 Å². The van der Waals surface area contributed by atoms with Gasteiger partial charge in [0.15, 0.2) is 12.4 Å². The van der Waals surface area contributed by atoms with Gasteiger partial charge >= 0.3 is 41.5 Å². The zero-order chi connectivity index (χ0) is 37.3. The van der Waals surface area contributed by atoms with Gasteiger partial charge in [0, 0.05) is 13.3 Å². The molecule has 1 aliphatic heterocycles. The molecule has 302 valence electrons. The molecule has 1 fully saturated rings. The molecule has 0 aliphatic carbocycles. The summed E-state index contributed by atoms with van der Waals surface area (Å²) in [6, 6.07) is 0. The Kier molecular flexibility index (Phi) is 36.6. The molecule has 0 aromatic heterocycles. The molecule has 10 nitrogen and oxygen atoms in total. The van der Waals surface area contributed by atoms with Crippen molar-refractivity contribution in [3.8, 4) is 0 Å². The van der Waals surface area contributed by atoms with Crippen LogP contribution in [0.3, 0.4) is 0 Å². The van der Waals surface area contributed by atoms with Crippen molar-refractivity contribution in [3.63, 3.8) is 0 Å². The third-order valence-corrected chi connectivity index (χ3v) is 10.4. The standard InChI is InChI=1S/C40H77O10P.Na/c1-4-6-8-10-12-14-16-17-18-19-21-23-25-27-29-31-40-46-33-38(50-40)35-48-51(43,44)47-34-37(32-45-36(3)41)49-39(42)30-28-26-24-22-20-15-13-11-9-7-5-2;/h37-38,40H,4-35H2,1-3H3,(H,43,44);/q;+1/p-1/t37-,38?,40?;/m1./s1. The molecule has 12 heteroatoms. The molecule has 0 aromatic rings.